The predicted molar refractivity (Wildman–Crippen MR) is 116 cm³/mol. The summed E-state index contributed by atoms with van der Waals surface area (Å²) in [4.78, 5) is 26.3. The minimum absolute atomic E-state index is 0.362. The van der Waals surface area contributed by atoms with Crippen LogP contribution in [0.15, 0.2) is 71.2 Å². The maximum Gasteiger partial charge on any atom is 0.337 e. The lowest BCUT2D eigenvalue weighted by molar-refractivity contribution is -0.138. The molecule has 4 bridgehead atoms. The molecule has 2 aromatic rings. The van der Waals surface area contributed by atoms with Crippen LogP contribution in [0.3, 0.4) is 0 Å². The van der Waals surface area contributed by atoms with Crippen molar-refractivity contribution in [1.82, 2.24) is 0 Å². The standard InChI is InChI=1S/C26H24O6/c1-29-23-19-15-11-7-5-9-13(15)17(21(23)25(27)31-3)18-14-10-6-8-12-16(14)20(19)24(30-2)22(18)26(28)32-4/h5-12,17-20H,1-4H3/t17-,18-,19+,20+/m1/s1. The van der Waals surface area contributed by atoms with Crippen LogP contribution in [0.5, 0.6) is 0 Å². The molecular formula is C26H24O6. The zero-order chi connectivity index (χ0) is 22.6. The molecule has 0 saturated carbocycles. The Morgan fingerprint density at radius 2 is 0.875 bits per heavy atom. The molecule has 0 unspecified atom stereocenters. The van der Waals surface area contributed by atoms with Crippen LogP contribution in [0, 0.1) is 0 Å². The summed E-state index contributed by atoms with van der Waals surface area (Å²) in [6.45, 7) is 0. The first kappa shape index (κ1) is 20.4. The van der Waals surface area contributed by atoms with E-state index in [1.807, 2.05) is 36.4 Å². The van der Waals surface area contributed by atoms with Crippen LogP contribution in [-0.4, -0.2) is 40.4 Å². The van der Waals surface area contributed by atoms with Crippen LogP contribution in [0.2, 0.25) is 0 Å². The monoisotopic (exact) mass is 432 g/mol. The molecule has 2 aromatic carbocycles. The van der Waals surface area contributed by atoms with Gasteiger partial charge in [-0.15, -0.1) is 0 Å². The van der Waals surface area contributed by atoms with Crippen molar-refractivity contribution in [3.63, 3.8) is 0 Å². The molecule has 3 aliphatic rings. The van der Waals surface area contributed by atoms with Gasteiger partial charge >= 0.3 is 11.9 Å². The minimum atomic E-state index is -0.494. The third kappa shape index (κ3) is 2.52. The van der Waals surface area contributed by atoms with E-state index in [9.17, 15) is 9.59 Å². The van der Waals surface area contributed by atoms with Gasteiger partial charge in [0, 0.05) is 11.8 Å². The summed E-state index contributed by atoms with van der Waals surface area (Å²) in [6, 6.07) is 16.0. The Morgan fingerprint density at radius 3 is 1.16 bits per heavy atom. The van der Waals surface area contributed by atoms with E-state index in [1.54, 1.807) is 14.2 Å². The van der Waals surface area contributed by atoms with Crippen LogP contribution in [-0.2, 0) is 28.5 Å². The van der Waals surface area contributed by atoms with E-state index in [-0.39, 0.29) is 11.8 Å². The maximum atomic E-state index is 13.2. The van der Waals surface area contributed by atoms with Crippen LogP contribution in [0.25, 0.3) is 0 Å². The average Bonchev–Trinajstić information content (AvgIpc) is 2.83. The maximum absolute atomic E-state index is 13.2. The Balaban J connectivity index is 1.95. The number of carbonyl (C=O) groups is 2. The summed E-state index contributed by atoms with van der Waals surface area (Å²) in [5, 5.41) is 0. The van der Waals surface area contributed by atoms with E-state index in [4.69, 9.17) is 18.9 Å². The Hall–Kier alpha value is -3.54. The Morgan fingerprint density at radius 1 is 0.562 bits per heavy atom. The van der Waals surface area contributed by atoms with Crippen molar-refractivity contribution < 1.29 is 28.5 Å². The zero-order valence-corrected chi connectivity index (χ0v) is 18.4. The van der Waals surface area contributed by atoms with E-state index < -0.39 is 23.8 Å². The van der Waals surface area contributed by atoms with Gasteiger partial charge in [0.25, 0.3) is 0 Å². The van der Waals surface area contributed by atoms with Gasteiger partial charge in [0.05, 0.1) is 51.4 Å². The van der Waals surface area contributed by atoms with Crippen molar-refractivity contribution in [2.24, 2.45) is 0 Å². The summed E-state index contributed by atoms with van der Waals surface area (Å²) >= 11 is 0. The van der Waals surface area contributed by atoms with Crippen molar-refractivity contribution in [3.8, 4) is 0 Å². The first-order valence-electron chi connectivity index (χ1n) is 10.5. The molecule has 0 N–H and O–H groups in total. The second kappa shape index (κ2) is 7.55. The number of fused-ring (bicyclic) bond motifs is 2. The molecule has 32 heavy (non-hydrogen) atoms. The van der Waals surface area contributed by atoms with E-state index in [2.05, 4.69) is 12.1 Å². The molecule has 164 valence electrons. The Labute approximate surface area is 186 Å². The number of ether oxygens (including phenoxy) is 4. The highest BCUT2D eigenvalue weighted by molar-refractivity contribution is 5.97. The largest absolute Gasteiger partial charge is 0.500 e. The quantitative estimate of drug-likeness (QED) is 0.683. The van der Waals surface area contributed by atoms with Crippen molar-refractivity contribution in [3.05, 3.63) is 93.4 Å². The smallest absolute Gasteiger partial charge is 0.337 e. The average molecular weight is 432 g/mol. The SMILES string of the molecule is COC(=O)C1=C(OC)[C@H]2c3ccccc3[C@@H]1[C@@H]1C(C(=O)OC)=C(OC)[C@H]2c2ccccc21. The topological polar surface area (TPSA) is 71.1 Å². The summed E-state index contributed by atoms with van der Waals surface area (Å²) in [6.07, 6.45) is 0. The molecule has 0 aromatic heterocycles. The summed E-state index contributed by atoms with van der Waals surface area (Å²) in [7, 11) is 5.89. The second-order valence-electron chi connectivity index (χ2n) is 8.12. The van der Waals surface area contributed by atoms with Crippen LogP contribution < -0.4 is 0 Å². The number of hydrogen-bond acceptors (Lipinski definition) is 6. The Bertz CT molecular complexity index is 1100. The molecule has 0 radical (unpaired) electrons. The molecule has 0 saturated heterocycles. The molecular weight excluding hydrogens is 408 g/mol. The molecule has 0 amide bonds. The highest BCUT2D eigenvalue weighted by Gasteiger charge is 2.56. The number of hydrogen-bond donors (Lipinski definition) is 0. The van der Waals surface area contributed by atoms with Crippen molar-refractivity contribution in [1.29, 1.82) is 0 Å². The fourth-order valence-corrected chi connectivity index (χ4v) is 5.89. The van der Waals surface area contributed by atoms with Gasteiger partial charge in [-0.3, -0.25) is 0 Å². The van der Waals surface area contributed by atoms with Crippen LogP contribution in [0.4, 0.5) is 0 Å². The minimum Gasteiger partial charge on any atom is -0.500 e. The first-order valence-corrected chi connectivity index (χ1v) is 10.5. The van der Waals surface area contributed by atoms with Gasteiger partial charge < -0.3 is 18.9 Å². The van der Waals surface area contributed by atoms with Crippen LogP contribution >= 0.6 is 0 Å². The number of allylic oxidation sites excluding steroid dienone is 2. The zero-order valence-electron chi connectivity index (χ0n) is 18.4. The fraction of sp³-hybridized carbons (Fsp3) is 0.308. The molecule has 0 heterocycles. The molecule has 4 atom stereocenters. The predicted octanol–water partition coefficient (Wildman–Crippen LogP) is 3.91. The van der Waals surface area contributed by atoms with E-state index in [0.29, 0.717) is 22.7 Å². The number of carbonyl (C=O) groups excluding carboxylic acids is 2. The van der Waals surface area contributed by atoms with Gasteiger partial charge in [-0.2, -0.15) is 0 Å². The lowest BCUT2D eigenvalue weighted by Gasteiger charge is -2.48. The molecule has 0 fully saturated rings. The van der Waals surface area contributed by atoms with E-state index >= 15 is 0 Å². The molecule has 0 spiro atoms. The number of benzene rings is 2. The third-order valence-corrected chi connectivity index (χ3v) is 6.97. The molecule has 0 aliphatic heterocycles. The van der Waals surface area contributed by atoms with Gasteiger partial charge in [-0.25, -0.2) is 9.59 Å². The third-order valence-electron chi connectivity index (χ3n) is 6.97. The van der Waals surface area contributed by atoms with Crippen LogP contribution in [0.1, 0.15) is 45.9 Å². The highest BCUT2D eigenvalue weighted by Crippen LogP contribution is 2.64. The lowest BCUT2D eigenvalue weighted by atomic mass is 9.55. The Kier molecular flexibility index (Phi) is 4.81. The van der Waals surface area contributed by atoms with Gasteiger partial charge in [0.15, 0.2) is 0 Å². The van der Waals surface area contributed by atoms with Gasteiger partial charge in [0.1, 0.15) is 11.5 Å². The molecule has 5 rings (SSSR count). The number of rotatable bonds is 4. The summed E-state index contributed by atoms with van der Waals surface area (Å²) in [5.74, 6) is -1.51. The van der Waals surface area contributed by atoms with Gasteiger partial charge in [0.2, 0.25) is 0 Å². The lowest BCUT2D eigenvalue weighted by Crippen LogP contribution is -2.40. The first-order chi connectivity index (χ1) is 15.6. The van der Waals surface area contributed by atoms with Crippen molar-refractivity contribution >= 4 is 11.9 Å². The molecule has 6 nitrogen and oxygen atoms in total. The molecule has 6 heteroatoms. The van der Waals surface area contributed by atoms with Crippen molar-refractivity contribution in [2.75, 3.05) is 28.4 Å². The van der Waals surface area contributed by atoms with E-state index in [1.165, 1.54) is 14.2 Å². The second-order valence-corrected chi connectivity index (χ2v) is 8.12. The van der Waals surface area contributed by atoms with E-state index in [0.717, 1.165) is 22.3 Å². The normalized spacial score (nSPS) is 24.9. The van der Waals surface area contributed by atoms with Crippen molar-refractivity contribution in [2.45, 2.75) is 23.7 Å². The summed E-state index contributed by atoms with van der Waals surface area (Å²) < 4.78 is 22.3. The highest BCUT2D eigenvalue weighted by atomic mass is 16.5. The molecule has 3 aliphatic carbocycles. The van der Waals surface area contributed by atoms with Gasteiger partial charge in [-0.1, -0.05) is 48.5 Å². The summed E-state index contributed by atoms with van der Waals surface area (Å²) in [5.41, 5.74) is 4.98. The fourth-order valence-electron chi connectivity index (χ4n) is 5.89. The number of esters is 2. The van der Waals surface area contributed by atoms with Gasteiger partial charge in [-0.05, 0) is 22.3 Å². The number of methoxy groups -OCH3 is 4.